The van der Waals surface area contributed by atoms with Gasteiger partial charge in [0.2, 0.25) is 0 Å². The molecule has 0 spiro atoms. The van der Waals surface area contributed by atoms with Gasteiger partial charge in [-0.2, -0.15) is 13.2 Å². The number of aliphatic imine (C=N–C) groups is 1. The van der Waals surface area contributed by atoms with Crippen LogP contribution in [0.4, 0.5) is 17.6 Å². The topological polar surface area (TPSA) is 82.6 Å². The van der Waals surface area contributed by atoms with Crippen molar-refractivity contribution < 1.29 is 27.0 Å². The first-order chi connectivity index (χ1) is 12.2. The lowest BCUT2D eigenvalue weighted by atomic mass is 9.85. The zero-order chi connectivity index (χ0) is 18.9. The minimum Gasteiger partial charge on any atom is -0.452 e. The first kappa shape index (κ1) is 17.9. The third kappa shape index (κ3) is 3.68. The van der Waals surface area contributed by atoms with Crippen molar-refractivity contribution in [1.29, 1.82) is 0 Å². The van der Waals surface area contributed by atoms with Crippen LogP contribution in [0.25, 0.3) is 0 Å². The van der Waals surface area contributed by atoms with Gasteiger partial charge >= 0.3 is 12.2 Å². The third-order valence-corrected chi connectivity index (χ3v) is 3.84. The predicted octanol–water partition coefficient (Wildman–Crippen LogP) is 3.29. The maximum Gasteiger partial charge on any atom is 0.425 e. The first-order valence-electron chi connectivity index (χ1n) is 7.51. The number of amidine groups is 1. The largest absolute Gasteiger partial charge is 0.452 e. The maximum atomic E-state index is 14.4. The molecular weight excluding hydrogens is 356 g/mol. The number of nitrogens with zero attached hydrogens (tertiary/aromatic N) is 3. The van der Waals surface area contributed by atoms with Gasteiger partial charge in [-0.05, 0) is 31.2 Å². The average molecular weight is 370 g/mol. The van der Waals surface area contributed by atoms with Crippen LogP contribution in [0.1, 0.15) is 18.9 Å². The lowest BCUT2D eigenvalue weighted by Crippen LogP contribution is -2.46. The van der Waals surface area contributed by atoms with E-state index >= 15 is 0 Å². The van der Waals surface area contributed by atoms with E-state index in [0.717, 1.165) is 6.07 Å². The van der Waals surface area contributed by atoms with Crippen molar-refractivity contribution in [2.24, 2.45) is 10.7 Å². The van der Waals surface area contributed by atoms with Gasteiger partial charge in [-0.1, -0.05) is 0 Å². The van der Waals surface area contributed by atoms with E-state index in [-0.39, 0.29) is 17.3 Å². The van der Waals surface area contributed by atoms with E-state index in [0.29, 0.717) is 0 Å². The van der Waals surface area contributed by atoms with Gasteiger partial charge in [0.05, 0.1) is 5.54 Å². The van der Waals surface area contributed by atoms with E-state index in [4.69, 9.17) is 10.5 Å². The van der Waals surface area contributed by atoms with Crippen LogP contribution in [0.2, 0.25) is 0 Å². The molecule has 0 saturated carbocycles. The molecule has 138 valence electrons. The molecule has 2 atom stereocenters. The fourth-order valence-electron chi connectivity index (χ4n) is 2.64. The molecule has 0 aliphatic carbocycles. The molecule has 1 aliphatic heterocycles. The molecule has 1 aromatic carbocycles. The number of rotatable bonds is 3. The van der Waals surface area contributed by atoms with Crippen LogP contribution in [-0.2, 0) is 10.3 Å². The summed E-state index contributed by atoms with van der Waals surface area (Å²) in [7, 11) is 0. The first-order valence-corrected chi connectivity index (χ1v) is 7.51. The number of ether oxygens (including phenoxy) is 2. The van der Waals surface area contributed by atoms with E-state index < -0.39 is 36.1 Å². The van der Waals surface area contributed by atoms with Crippen molar-refractivity contribution >= 4 is 6.02 Å². The van der Waals surface area contributed by atoms with Crippen LogP contribution in [0.15, 0.2) is 41.7 Å². The van der Waals surface area contributed by atoms with Crippen molar-refractivity contribution in [3.63, 3.8) is 0 Å². The molecule has 10 heteroatoms. The Kier molecular flexibility index (Phi) is 4.43. The van der Waals surface area contributed by atoms with Crippen molar-refractivity contribution in [1.82, 2.24) is 9.97 Å². The maximum absolute atomic E-state index is 14.4. The van der Waals surface area contributed by atoms with E-state index in [9.17, 15) is 17.6 Å². The molecule has 0 amide bonds. The molecular formula is C16H14F4N4O2. The number of nitrogens with two attached hydrogens (primary N) is 1. The van der Waals surface area contributed by atoms with Crippen LogP contribution in [0, 0.1) is 5.82 Å². The normalized spacial score (nSPS) is 23.1. The van der Waals surface area contributed by atoms with Crippen LogP contribution in [0.3, 0.4) is 0 Å². The van der Waals surface area contributed by atoms with Gasteiger partial charge in [-0.15, -0.1) is 0 Å². The van der Waals surface area contributed by atoms with Crippen LogP contribution < -0.4 is 10.5 Å². The second-order valence-corrected chi connectivity index (χ2v) is 5.85. The highest BCUT2D eigenvalue weighted by molar-refractivity contribution is 5.73. The van der Waals surface area contributed by atoms with Gasteiger partial charge < -0.3 is 15.2 Å². The smallest absolute Gasteiger partial charge is 0.425 e. The Morgan fingerprint density at radius 2 is 1.96 bits per heavy atom. The summed E-state index contributed by atoms with van der Waals surface area (Å²) in [5, 5.41) is 0. The molecule has 0 fully saturated rings. The fourth-order valence-corrected chi connectivity index (χ4v) is 2.64. The van der Waals surface area contributed by atoms with Gasteiger partial charge in [-0.3, -0.25) is 0 Å². The third-order valence-electron chi connectivity index (χ3n) is 3.84. The van der Waals surface area contributed by atoms with E-state index in [1.807, 2.05) is 0 Å². The van der Waals surface area contributed by atoms with E-state index in [1.54, 1.807) is 6.07 Å². The Morgan fingerprint density at radius 1 is 1.27 bits per heavy atom. The van der Waals surface area contributed by atoms with Crippen LogP contribution >= 0.6 is 0 Å². The highest BCUT2D eigenvalue weighted by Gasteiger charge is 2.50. The standard InChI is InChI=1S/C16H14F4N4O2/c1-15(8-12(16(18,19)20)26-13(21)24-15)10-7-9(3-4-11(10)17)25-14-22-5-2-6-23-14/h2-7,12H,8H2,1H3,(H2,21,24)/t12-,15-/m0/s1. The Labute approximate surface area is 145 Å². The molecule has 2 N–H and O–H groups in total. The molecule has 26 heavy (non-hydrogen) atoms. The van der Waals surface area contributed by atoms with Crippen molar-refractivity contribution in [2.75, 3.05) is 0 Å². The van der Waals surface area contributed by atoms with Crippen molar-refractivity contribution in [2.45, 2.75) is 31.2 Å². The van der Waals surface area contributed by atoms with Crippen molar-refractivity contribution in [3.8, 4) is 11.8 Å². The second-order valence-electron chi connectivity index (χ2n) is 5.85. The molecule has 2 heterocycles. The van der Waals surface area contributed by atoms with Gasteiger partial charge in [0.25, 0.3) is 6.02 Å². The molecule has 1 aromatic heterocycles. The highest BCUT2D eigenvalue weighted by atomic mass is 19.4. The number of alkyl halides is 3. The monoisotopic (exact) mass is 370 g/mol. The van der Waals surface area contributed by atoms with Gasteiger partial charge in [0.1, 0.15) is 11.6 Å². The SMILES string of the molecule is C[C@@]1(c2cc(Oc3ncccn3)ccc2F)C[C@@H](C(F)(F)F)OC(N)=N1. The van der Waals surface area contributed by atoms with Crippen LogP contribution in [0.5, 0.6) is 11.8 Å². The highest BCUT2D eigenvalue weighted by Crippen LogP contribution is 2.41. The summed E-state index contributed by atoms with van der Waals surface area (Å²) in [6.45, 7) is 1.35. The quantitative estimate of drug-likeness (QED) is 0.839. The minimum absolute atomic E-state index is 0.0124. The molecule has 0 radical (unpaired) electrons. The summed E-state index contributed by atoms with van der Waals surface area (Å²) in [5.74, 6) is -0.592. The molecule has 0 saturated heterocycles. The van der Waals surface area contributed by atoms with Gasteiger partial charge in [0, 0.05) is 24.4 Å². The number of benzene rings is 1. The molecule has 6 nitrogen and oxygen atoms in total. The van der Waals surface area contributed by atoms with Crippen molar-refractivity contribution in [3.05, 3.63) is 48.0 Å². The fraction of sp³-hybridized carbons (Fsp3) is 0.312. The predicted molar refractivity (Wildman–Crippen MR) is 83.0 cm³/mol. The Morgan fingerprint density at radius 3 is 2.62 bits per heavy atom. The number of hydrogen-bond acceptors (Lipinski definition) is 6. The van der Waals surface area contributed by atoms with E-state index in [1.165, 1.54) is 31.5 Å². The zero-order valence-electron chi connectivity index (χ0n) is 13.5. The number of hydrogen-bond donors (Lipinski definition) is 1. The summed E-state index contributed by atoms with van der Waals surface area (Å²) in [5.41, 5.74) is 3.72. The molecule has 1 aliphatic rings. The summed E-state index contributed by atoms with van der Waals surface area (Å²) in [4.78, 5) is 11.6. The Balaban J connectivity index is 1.97. The number of aromatic nitrogens is 2. The molecule has 3 rings (SSSR count). The molecule has 2 aromatic rings. The van der Waals surface area contributed by atoms with Gasteiger partial charge in [0.15, 0.2) is 6.10 Å². The lowest BCUT2D eigenvalue weighted by Gasteiger charge is -2.35. The zero-order valence-corrected chi connectivity index (χ0v) is 13.5. The summed E-state index contributed by atoms with van der Waals surface area (Å²) < 4.78 is 63.6. The molecule has 0 unspecified atom stereocenters. The number of halogens is 4. The van der Waals surface area contributed by atoms with Gasteiger partial charge in [-0.25, -0.2) is 19.4 Å². The lowest BCUT2D eigenvalue weighted by molar-refractivity contribution is -0.208. The summed E-state index contributed by atoms with van der Waals surface area (Å²) in [6.07, 6.45) is -4.58. The molecule has 0 bridgehead atoms. The average Bonchev–Trinajstić information content (AvgIpc) is 2.56. The van der Waals surface area contributed by atoms with E-state index in [2.05, 4.69) is 19.7 Å². The van der Waals surface area contributed by atoms with Crippen LogP contribution in [-0.4, -0.2) is 28.3 Å². The minimum atomic E-state index is -4.66. The second kappa shape index (κ2) is 6.43. The summed E-state index contributed by atoms with van der Waals surface area (Å²) >= 11 is 0. The Bertz CT molecular complexity index is 829. The Hall–Kier alpha value is -2.91. The summed E-state index contributed by atoms with van der Waals surface area (Å²) in [6, 6.07) is 4.58.